The number of fused-ring (bicyclic) bond motifs is 1. The predicted molar refractivity (Wildman–Crippen MR) is 86.8 cm³/mol. The van der Waals surface area contributed by atoms with Crippen molar-refractivity contribution in [2.75, 3.05) is 31.6 Å². The van der Waals surface area contributed by atoms with E-state index >= 15 is 0 Å². The molecular weight excluding hydrogens is 318 g/mol. The highest BCUT2D eigenvalue weighted by atomic mass is 35.5. The van der Waals surface area contributed by atoms with Crippen LogP contribution in [0.3, 0.4) is 0 Å². The fourth-order valence-corrected chi connectivity index (χ4v) is 3.32. The van der Waals surface area contributed by atoms with Gasteiger partial charge in [-0.05, 0) is 19.3 Å². The van der Waals surface area contributed by atoms with Crippen molar-refractivity contribution < 1.29 is 9.53 Å². The van der Waals surface area contributed by atoms with Crippen molar-refractivity contribution in [1.82, 2.24) is 19.7 Å². The van der Waals surface area contributed by atoms with Crippen molar-refractivity contribution in [3.63, 3.8) is 0 Å². The molecule has 2 aliphatic rings. The number of carbonyl (C=O) groups excluding carboxylic acids is 1. The van der Waals surface area contributed by atoms with Crippen molar-refractivity contribution in [3.05, 3.63) is 17.4 Å². The van der Waals surface area contributed by atoms with Crippen LogP contribution < -0.4 is 4.90 Å². The molecule has 2 aliphatic heterocycles. The summed E-state index contributed by atoms with van der Waals surface area (Å²) in [4.78, 5) is 19.9. The highest BCUT2D eigenvalue weighted by Gasteiger charge is 2.32. The number of aromatic nitrogens is 3. The first-order valence-electron chi connectivity index (χ1n) is 7.83. The van der Waals surface area contributed by atoms with Crippen LogP contribution in [0.2, 0.25) is 5.15 Å². The zero-order valence-corrected chi connectivity index (χ0v) is 13.7. The molecule has 0 spiro atoms. The summed E-state index contributed by atoms with van der Waals surface area (Å²) in [7, 11) is 1.79. The number of likely N-dealkylation sites (N-methyl/N-ethyl adjacent to an activating group) is 1. The van der Waals surface area contributed by atoms with Gasteiger partial charge in [-0.15, -0.1) is 0 Å². The van der Waals surface area contributed by atoms with Crippen LogP contribution in [0.4, 0.5) is 10.6 Å². The van der Waals surface area contributed by atoms with Gasteiger partial charge in [0.15, 0.2) is 12.0 Å². The van der Waals surface area contributed by atoms with Gasteiger partial charge in [0.1, 0.15) is 5.15 Å². The molecule has 4 rings (SSSR count). The molecule has 0 N–H and O–H groups in total. The minimum absolute atomic E-state index is 0.0453. The van der Waals surface area contributed by atoms with Crippen LogP contribution in [0.5, 0.6) is 0 Å². The molecule has 0 aliphatic carbocycles. The first-order chi connectivity index (χ1) is 11.1. The molecule has 4 heterocycles. The summed E-state index contributed by atoms with van der Waals surface area (Å²) < 4.78 is 7.71. The monoisotopic (exact) mass is 335 g/mol. The lowest BCUT2D eigenvalue weighted by Crippen LogP contribution is -2.30. The third-order valence-electron chi connectivity index (χ3n) is 4.44. The summed E-state index contributed by atoms with van der Waals surface area (Å²) in [5.41, 5.74) is 0.856. The molecule has 1 unspecified atom stereocenters. The number of hydrogen-bond donors (Lipinski definition) is 0. The number of pyridine rings is 1. The number of halogens is 1. The quantitative estimate of drug-likeness (QED) is 0.791. The SMILES string of the molecule is CN1CCN(c2nn(C3CCCCO3)c3cc(Cl)ncc23)C1=O. The van der Waals surface area contributed by atoms with E-state index in [4.69, 9.17) is 21.4 Å². The van der Waals surface area contributed by atoms with Crippen LogP contribution in [-0.4, -0.2) is 52.4 Å². The van der Waals surface area contributed by atoms with Crippen molar-refractivity contribution in [2.45, 2.75) is 25.5 Å². The molecule has 2 fully saturated rings. The Balaban J connectivity index is 1.83. The summed E-state index contributed by atoms with van der Waals surface area (Å²) in [5.74, 6) is 0.632. The van der Waals surface area contributed by atoms with E-state index in [1.165, 1.54) is 0 Å². The Morgan fingerprint density at radius 3 is 2.91 bits per heavy atom. The highest BCUT2D eigenvalue weighted by molar-refractivity contribution is 6.30. The Hall–Kier alpha value is -1.86. The number of urea groups is 1. The van der Waals surface area contributed by atoms with Crippen LogP contribution in [0, 0.1) is 0 Å². The van der Waals surface area contributed by atoms with E-state index in [0.717, 1.165) is 36.8 Å². The lowest BCUT2D eigenvalue weighted by atomic mass is 10.2. The second kappa shape index (κ2) is 5.65. The number of rotatable bonds is 2. The summed E-state index contributed by atoms with van der Waals surface area (Å²) in [5, 5.41) is 5.93. The van der Waals surface area contributed by atoms with E-state index in [0.29, 0.717) is 24.1 Å². The van der Waals surface area contributed by atoms with Gasteiger partial charge in [0, 0.05) is 39.0 Å². The standard InChI is InChI=1S/C15H18ClN5O2/c1-19-5-6-20(15(19)22)14-10-9-17-12(16)8-11(10)21(18-14)13-4-2-3-7-23-13/h8-9,13H,2-7H2,1H3. The molecule has 0 radical (unpaired) electrons. The average molecular weight is 336 g/mol. The van der Waals surface area contributed by atoms with E-state index in [9.17, 15) is 4.79 Å². The molecule has 2 saturated heterocycles. The Kier molecular flexibility index (Phi) is 3.61. The summed E-state index contributed by atoms with van der Waals surface area (Å²) in [6.45, 7) is 2.04. The Bertz CT molecular complexity index is 756. The van der Waals surface area contributed by atoms with E-state index in [2.05, 4.69) is 4.98 Å². The van der Waals surface area contributed by atoms with E-state index in [1.54, 1.807) is 29.1 Å². The third kappa shape index (κ3) is 2.44. The molecular formula is C15H18ClN5O2. The number of hydrogen-bond acceptors (Lipinski definition) is 4. The number of ether oxygens (including phenoxy) is 1. The average Bonchev–Trinajstić information content (AvgIpc) is 3.09. The van der Waals surface area contributed by atoms with E-state index < -0.39 is 0 Å². The second-order valence-corrected chi connectivity index (χ2v) is 6.36. The van der Waals surface area contributed by atoms with Crippen LogP contribution in [-0.2, 0) is 4.74 Å². The first kappa shape index (κ1) is 14.7. The van der Waals surface area contributed by atoms with Crippen LogP contribution >= 0.6 is 11.6 Å². The first-order valence-corrected chi connectivity index (χ1v) is 8.21. The number of nitrogens with zero attached hydrogens (tertiary/aromatic N) is 5. The zero-order chi connectivity index (χ0) is 16.0. The predicted octanol–water partition coefficient (Wildman–Crippen LogP) is 2.66. The smallest absolute Gasteiger partial charge is 0.325 e. The molecule has 2 aromatic rings. The third-order valence-corrected chi connectivity index (χ3v) is 4.65. The number of anilines is 1. The van der Waals surface area contributed by atoms with Crippen molar-refractivity contribution >= 4 is 34.4 Å². The maximum absolute atomic E-state index is 12.3. The topological polar surface area (TPSA) is 63.5 Å². The van der Waals surface area contributed by atoms with Gasteiger partial charge in [-0.25, -0.2) is 14.5 Å². The minimum Gasteiger partial charge on any atom is -0.356 e. The van der Waals surface area contributed by atoms with Crippen LogP contribution in [0.15, 0.2) is 12.3 Å². The van der Waals surface area contributed by atoms with Crippen LogP contribution in [0.25, 0.3) is 10.9 Å². The van der Waals surface area contributed by atoms with Crippen molar-refractivity contribution in [1.29, 1.82) is 0 Å². The fourth-order valence-electron chi connectivity index (χ4n) is 3.17. The molecule has 8 heteroatoms. The van der Waals surface area contributed by atoms with Crippen LogP contribution in [0.1, 0.15) is 25.5 Å². The normalized spacial score (nSPS) is 22.3. The molecule has 1 atom stereocenters. The molecule has 2 amide bonds. The van der Waals surface area contributed by atoms with Gasteiger partial charge in [-0.2, -0.15) is 5.10 Å². The second-order valence-electron chi connectivity index (χ2n) is 5.97. The fraction of sp³-hybridized carbons (Fsp3) is 0.533. The Labute approximate surface area is 138 Å². The van der Waals surface area contributed by atoms with Gasteiger partial charge in [0.2, 0.25) is 0 Å². The van der Waals surface area contributed by atoms with Crippen molar-refractivity contribution in [2.24, 2.45) is 0 Å². The summed E-state index contributed by atoms with van der Waals surface area (Å²) >= 11 is 6.07. The Morgan fingerprint density at radius 1 is 1.35 bits per heavy atom. The van der Waals surface area contributed by atoms with Gasteiger partial charge in [0.05, 0.1) is 10.9 Å². The highest BCUT2D eigenvalue weighted by Crippen LogP contribution is 2.33. The lowest BCUT2D eigenvalue weighted by molar-refractivity contribution is -0.0365. The van der Waals surface area contributed by atoms with E-state index in [1.807, 2.05) is 4.68 Å². The lowest BCUT2D eigenvalue weighted by Gasteiger charge is -2.23. The molecule has 23 heavy (non-hydrogen) atoms. The van der Waals surface area contributed by atoms with Gasteiger partial charge >= 0.3 is 6.03 Å². The van der Waals surface area contributed by atoms with Crippen molar-refractivity contribution in [3.8, 4) is 0 Å². The maximum atomic E-state index is 12.3. The number of carbonyl (C=O) groups is 1. The van der Waals surface area contributed by atoms with E-state index in [-0.39, 0.29) is 12.3 Å². The summed E-state index contributed by atoms with van der Waals surface area (Å²) in [6.07, 6.45) is 4.65. The molecule has 0 bridgehead atoms. The zero-order valence-electron chi connectivity index (χ0n) is 12.9. The summed E-state index contributed by atoms with van der Waals surface area (Å²) in [6, 6.07) is 1.74. The van der Waals surface area contributed by atoms with Gasteiger partial charge in [-0.3, -0.25) is 4.90 Å². The molecule has 0 saturated carbocycles. The molecule has 2 aromatic heterocycles. The maximum Gasteiger partial charge on any atom is 0.325 e. The molecule has 0 aromatic carbocycles. The number of amides is 2. The molecule has 122 valence electrons. The minimum atomic E-state index is -0.117. The van der Waals surface area contributed by atoms with Gasteiger partial charge in [-0.1, -0.05) is 11.6 Å². The molecule has 7 nitrogen and oxygen atoms in total. The largest absolute Gasteiger partial charge is 0.356 e. The van der Waals surface area contributed by atoms with Gasteiger partial charge < -0.3 is 9.64 Å². The Morgan fingerprint density at radius 2 is 2.22 bits per heavy atom. The van der Waals surface area contributed by atoms with Gasteiger partial charge in [0.25, 0.3) is 0 Å².